The van der Waals surface area contributed by atoms with Crippen molar-refractivity contribution in [3.63, 3.8) is 0 Å². The molecule has 3 N–H and O–H groups in total. The molecule has 0 aliphatic heterocycles. The van der Waals surface area contributed by atoms with Crippen LogP contribution in [0.15, 0.2) is 42.5 Å². The van der Waals surface area contributed by atoms with E-state index < -0.39 is 6.16 Å². The average Bonchev–Trinajstić information content (AvgIpc) is 3.38. The van der Waals surface area contributed by atoms with E-state index in [0.29, 0.717) is 17.5 Å². The number of carboxylic acid groups (broad SMARTS) is 2. The molecule has 2 aromatic carbocycles. The first-order chi connectivity index (χ1) is 15.4. The number of anilines is 1. The highest BCUT2D eigenvalue weighted by Gasteiger charge is 2.32. The predicted octanol–water partition coefficient (Wildman–Crippen LogP) is 6.48. The van der Waals surface area contributed by atoms with Crippen molar-refractivity contribution in [1.82, 2.24) is 0 Å². The molecule has 1 atom stereocenters. The standard InChI is InChI=1S/C25H30FNO.CH2O3/c1-2-17-9-11-21(12-10-17)24(20-5-3-4-6-20)25(28)27-23-15-19(13-18-7-8-18)14-22(26)16-23;2-1(3)4/h9-12,14-16,18,20,24H,2-8,13H2,1H3,(H,27,28);(H2,2,3,4)/t24-;/m0./s1. The van der Waals surface area contributed by atoms with E-state index in [1.54, 1.807) is 6.07 Å². The van der Waals surface area contributed by atoms with Crippen molar-refractivity contribution in [3.05, 3.63) is 65.0 Å². The van der Waals surface area contributed by atoms with Crippen molar-refractivity contribution in [2.45, 2.75) is 64.2 Å². The second kappa shape index (κ2) is 11.1. The van der Waals surface area contributed by atoms with Crippen LogP contribution in [0.5, 0.6) is 0 Å². The maximum absolute atomic E-state index is 14.1. The van der Waals surface area contributed by atoms with E-state index in [1.807, 2.05) is 6.07 Å². The predicted molar refractivity (Wildman–Crippen MR) is 123 cm³/mol. The van der Waals surface area contributed by atoms with E-state index >= 15 is 0 Å². The highest BCUT2D eigenvalue weighted by atomic mass is 19.1. The van der Waals surface area contributed by atoms with Gasteiger partial charge in [-0.3, -0.25) is 4.79 Å². The molecular formula is C26H32FNO4. The van der Waals surface area contributed by atoms with Crippen LogP contribution in [0, 0.1) is 17.7 Å². The molecule has 0 bridgehead atoms. The van der Waals surface area contributed by atoms with Crippen molar-refractivity contribution in [3.8, 4) is 0 Å². The Bertz CT molecular complexity index is 914. The van der Waals surface area contributed by atoms with Gasteiger partial charge in [0.05, 0.1) is 5.92 Å². The first-order valence-corrected chi connectivity index (χ1v) is 11.5. The maximum atomic E-state index is 14.1. The van der Waals surface area contributed by atoms with Gasteiger partial charge in [-0.1, -0.05) is 44.0 Å². The fraction of sp³-hybridized carbons (Fsp3) is 0.462. The molecule has 0 unspecified atom stereocenters. The van der Waals surface area contributed by atoms with E-state index in [4.69, 9.17) is 15.0 Å². The van der Waals surface area contributed by atoms with Crippen molar-refractivity contribution < 1.29 is 24.2 Å². The Morgan fingerprint density at radius 1 is 1.00 bits per heavy atom. The summed E-state index contributed by atoms with van der Waals surface area (Å²) in [5, 5.41) is 17.0. The normalized spacial score (nSPS) is 16.7. The van der Waals surface area contributed by atoms with Crippen molar-refractivity contribution in [2.75, 3.05) is 5.32 Å². The number of rotatable bonds is 7. The fourth-order valence-corrected chi connectivity index (χ4v) is 4.60. The van der Waals surface area contributed by atoms with E-state index in [9.17, 15) is 9.18 Å². The van der Waals surface area contributed by atoms with E-state index in [0.717, 1.165) is 36.8 Å². The van der Waals surface area contributed by atoms with Gasteiger partial charge in [-0.15, -0.1) is 0 Å². The third-order valence-corrected chi connectivity index (χ3v) is 6.35. The van der Waals surface area contributed by atoms with Gasteiger partial charge in [0.25, 0.3) is 0 Å². The summed E-state index contributed by atoms with van der Waals surface area (Å²) in [4.78, 5) is 21.8. The first-order valence-electron chi connectivity index (χ1n) is 11.5. The minimum absolute atomic E-state index is 0.000814. The molecule has 0 spiro atoms. The lowest BCUT2D eigenvalue weighted by molar-refractivity contribution is -0.118. The number of nitrogens with one attached hydrogen (secondary N) is 1. The minimum Gasteiger partial charge on any atom is -0.450 e. The molecule has 2 saturated carbocycles. The average molecular weight is 442 g/mol. The molecule has 32 heavy (non-hydrogen) atoms. The van der Waals surface area contributed by atoms with Gasteiger partial charge >= 0.3 is 6.16 Å². The molecule has 2 fully saturated rings. The third-order valence-electron chi connectivity index (χ3n) is 6.35. The van der Waals surface area contributed by atoms with Crippen LogP contribution in [-0.4, -0.2) is 22.3 Å². The Hall–Kier alpha value is -2.89. The number of amides is 1. The molecule has 2 aliphatic rings. The summed E-state index contributed by atoms with van der Waals surface area (Å²) in [5.41, 5.74) is 3.94. The molecule has 0 radical (unpaired) electrons. The van der Waals surface area contributed by atoms with Crippen molar-refractivity contribution >= 4 is 17.7 Å². The Balaban J connectivity index is 0.000000668. The van der Waals surface area contributed by atoms with Gasteiger partial charge in [0.1, 0.15) is 5.82 Å². The number of hydrogen-bond donors (Lipinski definition) is 3. The number of carbonyl (C=O) groups is 2. The SMILES string of the molecule is CCc1ccc([C@@H](C(=O)Nc2cc(F)cc(CC3CC3)c2)C2CCCC2)cc1.O=C(O)O. The topological polar surface area (TPSA) is 86.6 Å². The quantitative estimate of drug-likeness (QED) is 0.459. The summed E-state index contributed by atoms with van der Waals surface area (Å²) in [6, 6.07) is 13.5. The maximum Gasteiger partial charge on any atom is 0.503 e. The van der Waals surface area contributed by atoms with E-state index in [2.05, 4.69) is 36.5 Å². The van der Waals surface area contributed by atoms with Gasteiger partial charge in [0.15, 0.2) is 0 Å². The van der Waals surface area contributed by atoms with Gasteiger partial charge in [-0.2, -0.15) is 0 Å². The van der Waals surface area contributed by atoms with Crippen LogP contribution in [-0.2, 0) is 17.6 Å². The zero-order valence-electron chi connectivity index (χ0n) is 18.5. The Labute approximate surface area is 188 Å². The zero-order chi connectivity index (χ0) is 23.1. The monoisotopic (exact) mass is 441 g/mol. The van der Waals surface area contributed by atoms with Gasteiger partial charge in [0, 0.05) is 5.69 Å². The largest absolute Gasteiger partial charge is 0.503 e. The number of hydrogen-bond acceptors (Lipinski definition) is 2. The highest BCUT2D eigenvalue weighted by molar-refractivity contribution is 5.96. The third kappa shape index (κ3) is 7.08. The smallest absolute Gasteiger partial charge is 0.450 e. The number of carbonyl (C=O) groups excluding carboxylic acids is 1. The van der Waals surface area contributed by atoms with Crippen molar-refractivity contribution in [2.24, 2.45) is 11.8 Å². The molecular weight excluding hydrogens is 409 g/mol. The Morgan fingerprint density at radius 3 is 2.19 bits per heavy atom. The number of benzene rings is 2. The first kappa shape index (κ1) is 23.8. The molecule has 172 valence electrons. The van der Waals surface area contributed by atoms with E-state index in [1.165, 1.54) is 37.3 Å². The number of halogens is 1. The molecule has 0 aromatic heterocycles. The molecule has 2 aliphatic carbocycles. The van der Waals surface area contributed by atoms with Gasteiger partial charge in [-0.25, -0.2) is 9.18 Å². The van der Waals surface area contributed by atoms with Crippen LogP contribution in [0.1, 0.15) is 68.1 Å². The molecule has 2 aromatic rings. The lowest BCUT2D eigenvalue weighted by Crippen LogP contribution is -2.26. The minimum atomic E-state index is -1.83. The second-order valence-electron chi connectivity index (χ2n) is 8.88. The number of aryl methyl sites for hydroxylation is 1. The fourth-order valence-electron chi connectivity index (χ4n) is 4.60. The van der Waals surface area contributed by atoms with Gasteiger partial charge < -0.3 is 15.5 Å². The van der Waals surface area contributed by atoms with E-state index in [-0.39, 0.29) is 17.6 Å². The van der Waals surface area contributed by atoms with Crippen LogP contribution in [0.2, 0.25) is 0 Å². The van der Waals surface area contributed by atoms with Gasteiger partial charge in [-0.05, 0) is 85.3 Å². The molecule has 0 heterocycles. The van der Waals surface area contributed by atoms with Crippen LogP contribution in [0.3, 0.4) is 0 Å². The Kier molecular flexibility index (Phi) is 8.26. The summed E-state index contributed by atoms with van der Waals surface area (Å²) < 4.78 is 14.1. The summed E-state index contributed by atoms with van der Waals surface area (Å²) in [6.45, 7) is 2.14. The van der Waals surface area contributed by atoms with Crippen molar-refractivity contribution in [1.29, 1.82) is 0 Å². The lowest BCUT2D eigenvalue weighted by Gasteiger charge is -2.23. The highest BCUT2D eigenvalue weighted by Crippen LogP contribution is 2.38. The Morgan fingerprint density at radius 2 is 1.62 bits per heavy atom. The molecule has 6 heteroatoms. The summed E-state index contributed by atoms with van der Waals surface area (Å²) in [6.07, 6.45) is 7.08. The summed E-state index contributed by atoms with van der Waals surface area (Å²) in [7, 11) is 0. The zero-order valence-corrected chi connectivity index (χ0v) is 18.5. The molecule has 4 rings (SSSR count). The summed E-state index contributed by atoms with van der Waals surface area (Å²) in [5.74, 6) is 0.626. The van der Waals surface area contributed by atoms with Crippen LogP contribution < -0.4 is 5.32 Å². The van der Waals surface area contributed by atoms with Crippen LogP contribution in [0.4, 0.5) is 14.9 Å². The summed E-state index contributed by atoms with van der Waals surface area (Å²) >= 11 is 0. The van der Waals surface area contributed by atoms with Crippen LogP contribution in [0.25, 0.3) is 0 Å². The second-order valence-corrected chi connectivity index (χ2v) is 8.88. The molecule has 1 amide bonds. The van der Waals surface area contributed by atoms with Crippen LogP contribution >= 0.6 is 0 Å². The molecule has 5 nitrogen and oxygen atoms in total. The lowest BCUT2D eigenvalue weighted by atomic mass is 9.83. The van der Waals surface area contributed by atoms with Gasteiger partial charge in [0.2, 0.25) is 5.91 Å². The molecule has 0 saturated heterocycles.